The number of esters is 1. The molecule has 3 rings (SSSR count). The molecule has 0 radical (unpaired) electrons. The summed E-state index contributed by atoms with van der Waals surface area (Å²) in [5.74, 6) is -0.961. The van der Waals surface area contributed by atoms with Gasteiger partial charge in [-0.15, -0.1) is 11.3 Å². The molecule has 122 valence electrons. The molecule has 0 aliphatic carbocycles. The minimum absolute atomic E-state index is 0.0802. The Balaban J connectivity index is 1.94. The lowest BCUT2D eigenvalue weighted by Crippen LogP contribution is -2.16. The number of rotatable bonds is 5. The van der Waals surface area contributed by atoms with Crippen molar-refractivity contribution in [1.29, 1.82) is 0 Å². The Morgan fingerprint density at radius 2 is 2.00 bits per heavy atom. The lowest BCUT2D eigenvalue weighted by Gasteiger charge is -2.03. The fourth-order valence-corrected chi connectivity index (χ4v) is 3.45. The average Bonchev–Trinajstić information content (AvgIpc) is 2.93. The van der Waals surface area contributed by atoms with E-state index in [9.17, 15) is 14.9 Å². The number of carbonyl (C=O) groups excluding carboxylic acids is 1. The molecule has 0 amide bonds. The van der Waals surface area contributed by atoms with Gasteiger partial charge in [-0.05, 0) is 31.2 Å². The highest BCUT2D eigenvalue weighted by Gasteiger charge is 2.23. The minimum Gasteiger partial charge on any atom is -0.458 e. The topological polar surface area (TPSA) is 81.5 Å². The zero-order chi connectivity index (χ0) is 17.1. The van der Waals surface area contributed by atoms with Gasteiger partial charge in [0.25, 0.3) is 0 Å². The van der Waals surface area contributed by atoms with Crippen molar-refractivity contribution in [3.05, 3.63) is 64.5 Å². The van der Waals surface area contributed by atoms with Crippen LogP contribution in [0.15, 0.2) is 54.4 Å². The van der Waals surface area contributed by atoms with E-state index in [0.717, 1.165) is 21.7 Å². The van der Waals surface area contributed by atoms with Crippen molar-refractivity contribution >= 4 is 43.2 Å². The van der Waals surface area contributed by atoms with Crippen LogP contribution < -0.4 is 5.32 Å². The monoisotopic (exact) mass is 342 g/mol. The van der Waals surface area contributed by atoms with Crippen LogP contribution in [0.25, 0.3) is 20.2 Å². The molecule has 0 saturated carbocycles. The zero-order valence-corrected chi connectivity index (χ0v) is 13.6. The van der Waals surface area contributed by atoms with Gasteiger partial charge in [-0.3, -0.25) is 10.1 Å². The lowest BCUT2D eigenvalue weighted by atomic mass is 10.1. The number of hydrogen-bond acceptors (Lipinski definition) is 6. The smallest absolute Gasteiger partial charge is 0.411 e. The van der Waals surface area contributed by atoms with Gasteiger partial charge in [-0.2, -0.15) is 0 Å². The third-order valence-corrected chi connectivity index (χ3v) is 4.59. The van der Waals surface area contributed by atoms with Gasteiger partial charge in [0.1, 0.15) is 0 Å². The van der Waals surface area contributed by atoms with Gasteiger partial charge in [0.2, 0.25) is 0 Å². The average molecular weight is 342 g/mol. The van der Waals surface area contributed by atoms with Crippen LogP contribution in [-0.4, -0.2) is 17.5 Å². The van der Waals surface area contributed by atoms with Crippen LogP contribution in [-0.2, 0) is 9.53 Å². The first-order valence-corrected chi connectivity index (χ1v) is 8.11. The van der Waals surface area contributed by atoms with Crippen LogP contribution in [0.1, 0.15) is 6.92 Å². The van der Waals surface area contributed by atoms with Crippen molar-refractivity contribution in [1.82, 2.24) is 0 Å². The van der Waals surface area contributed by atoms with Gasteiger partial charge < -0.3 is 10.1 Å². The predicted molar refractivity (Wildman–Crippen MR) is 94.7 cm³/mol. The second-order valence-corrected chi connectivity index (χ2v) is 6.04. The number of benzene rings is 2. The maximum Gasteiger partial charge on any atom is 0.411 e. The van der Waals surface area contributed by atoms with Gasteiger partial charge in [0, 0.05) is 25.9 Å². The van der Waals surface area contributed by atoms with Crippen molar-refractivity contribution in [3.63, 3.8) is 0 Å². The molecule has 0 atom stereocenters. The maximum atomic E-state index is 11.6. The Morgan fingerprint density at radius 1 is 1.25 bits per heavy atom. The lowest BCUT2D eigenvalue weighted by molar-refractivity contribution is -0.421. The van der Waals surface area contributed by atoms with Gasteiger partial charge in [0.15, 0.2) is 0 Å². The molecule has 0 spiro atoms. The molecule has 1 aromatic heterocycles. The predicted octanol–water partition coefficient (Wildman–Crippen LogP) is 4.15. The molecule has 6 nitrogen and oxygen atoms in total. The fraction of sp³-hybridized carbons (Fsp3) is 0.118. The second-order valence-electron chi connectivity index (χ2n) is 4.96. The Kier molecular flexibility index (Phi) is 4.43. The highest BCUT2D eigenvalue weighted by molar-refractivity contribution is 7.25. The van der Waals surface area contributed by atoms with E-state index in [0.29, 0.717) is 5.69 Å². The van der Waals surface area contributed by atoms with Crippen molar-refractivity contribution in [2.24, 2.45) is 0 Å². The zero-order valence-electron chi connectivity index (χ0n) is 12.8. The third kappa shape index (κ3) is 3.07. The molecule has 3 aromatic rings. The van der Waals surface area contributed by atoms with Crippen molar-refractivity contribution in [3.8, 4) is 0 Å². The first-order chi connectivity index (χ1) is 11.6. The number of fused-ring (bicyclic) bond motifs is 3. The first-order valence-electron chi connectivity index (χ1n) is 7.29. The molecule has 0 bridgehead atoms. The summed E-state index contributed by atoms with van der Waals surface area (Å²) >= 11 is 1.69. The summed E-state index contributed by atoms with van der Waals surface area (Å²) in [5.41, 5.74) is 0.0295. The Morgan fingerprint density at radius 3 is 2.75 bits per heavy atom. The number of nitrogens with zero attached hydrogens (tertiary/aromatic N) is 1. The Bertz CT molecular complexity index is 962. The number of nitrogens with one attached hydrogen (secondary N) is 1. The Hall–Kier alpha value is -2.93. The van der Waals surface area contributed by atoms with E-state index >= 15 is 0 Å². The Labute approximate surface area is 141 Å². The van der Waals surface area contributed by atoms with E-state index in [-0.39, 0.29) is 6.61 Å². The highest BCUT2D eigenvalue weighted by atomic mass is 32.1. The summed E-state index contributed by atoms with van der Waals surface area (Å²) in [4.78, 5) is 21.8. The summed E-state index contributed by atoms with van der Waals surface area (Å²) in [6.45, 7) is 1.68. The van der Waals surface area contributed by atoms with Crippen LogP contribution in [0.5, 0.6) is 0 Å². The number of thiophene rings is 1. The molecular formula is C17H14N2O4S. The molecular weight excluding hydrogens is 328 g/mol. The van der Waals surface area contributed by atoms with Crippen LogP contribution in [0, 0.1) is 10.1 Å². The molecule has 2 aromatic carbocycles. The number of carbonyl (C=O) groups is 1. The largest absolute Gasteiger partial charge is 0.458 e. The summed E-state index contributed by atoms with van der Waals surface area (Å²) in [6.07, 6.45) is 1.06. The molecule has 0 aliphatic heterocycles. The second kappa shape index (κ2) is 6.67. The van der Waals surface area contributed by atoms with Crippen molar-refractivity contribution in [2.75, 3.05) is 11.9 Å². The van der Waals surface area contributed by atoms with E-state index in [2.05, 4.69) is 16.1 Å². The summed E-state index contributed by atoms with van der Waals surface area (Å²) in [7, 11) is 0. The van der Waals surface area contributed by atoms with Crippen molar-refractivity contribution in [2.45, 2.75) is 6.92 Å². The van der Waals surface area contributed by atoms with Crippen molar-refractivity contribution < 1.29 is 14.5 Å². The van der Waals surface area contributed by atoms with Gasteiger partial charge in [-0.1, -0.05) is 18.2 Å². The molecule has 0 unspecified atom stereocenters. The van der Waals surface area contributed by atoms with Crippen LogP contribution in [0.2, 0.25) is 0 Å². The van der Waals surface area contributed by atoms with E-state index in [1.807, 2.05) is 36.4 Å². The van der Waals surface area contributed by atoms with E-state index < -0.39 is 16.6 Å². The number of hydrogen-bond donors (Lipinski definition) is 1. The highest BCUT2D eigenvalue weighted by Crippen LogP contribution is 2.35. The van der Waals surface area contributed by atoms with E-state index in [1.54, 1.807) is 18.3 Å². The summed E-state index contributed by atoms with van der Waals surface area (Å²) in [6, 6.07) is 13.7. The normalized spacial score (nSPS) is 11.6. The number of nitro groups is 1. The molecule has 1 heterocycles. The molecule has 7 heteroatoms. The quantitative estimate of drug-likeness (QED) is 0.326. The van der Waals surface area contributed by atoms with Gasteiger partial charge in [0.05, 0.1) is 17.7 Å². The molecule has 24 heavy (non-hydrogen) atoms. The van der Waals surface area contributed by atoms with Crippen LogP contribution >= 0.6 is 11.3 Å². The number of anilines is 1. The minimum atomic E-state index is -0.961. The molecule has 1 N–H and O–H groups in total. The van der Waals surface area contributed by atoms with Crippen LogP contribution in [0.3, 0.4) is 0 Å². The molecule has 0 saturated heterocycles. The third-order valence-electron chi connectivity index (χ3n) is 3.43. The molecule has 0 fully saturated rings. The maximum absolute atomic E-state index is 11.6. The first kappa shape index (κ1) is 15.9. The summed E-state index contributed by atoms with van der Waals surface area (Å²) < 4.78 is 6.99. The van der Waals surface area contributed by atoms with Gasteiger partial charge in [-0.25, -0.2) is 4.79 Å². The molecule has 0 aliphatic rings. The standard InChI is InChI=1S/C17H14N2O4S/c1-2-23-17(20)14(19(21)22)10-18-11-7-8-16-13(9-11)12-5-3-4-6-15(12)24-16/h3-10,18H,2H2,1H3/b14-10+. The van der Waals surface area contributed by atoms with Crippen LogP contribution in [0.4, 0.5) is 5.69 Å². The van der Waals surface area contributed by atoms with E-state index in [4.69, 9.17) is 0 Å². The van der Waals surface area contributed by atoms with Gasteiger partial charge >= 0.3 is 11.7 Å². The fourth-order valence-electron chi connectivity index (χ4n) is 2.36. The number of ether oxygens (including phenoxy) is 1. The summed E-state index contributed by atoms with van der Waals surface area (Å²) in [5, 5.41) is 16.0. The van der Waals surface area contributed by atoms with E-state index in [1.165, 1.54) is 4.70 Å². The SMILES string of the molecule is CCOC(=O)/C(=C\Nc1ccc2sc3ccccc3c2c1)[N+](=O)[O-].